The van der Waals surface area contributed by atoms with E-state index in [-0.39, 0.29) is 5.97 Å². The second-order valence-electron chi connectivity index (χ2n) is 3.29. The molecule has 0 aliphatic carbocycles. The molecule has 0 heterocycles. The van der Waals surface area contributed by atoms with Crippen molar-refractivity contribution in [2.75, 3.05) is 0 Å². The molecule has 0 spiro atoms. The molecule has 1 aromatic rings. The zero-order valence-corrected chi connectivity index (χ0v) is 9.19. The Labute approximate surface area is 90.6 Å². The molecular formula is C13H16O2. The van der Waals surface area contributed by atoms with Crippen LogP contribution in [0.5, 0.6) is 5.75 Å². The van der Waals surface area contributed by atoms with E-state index < -0.39 is 0 Å². The van der Waals surface area contributed by atoms with Crippen LogP contribution in [-0.2, 0) is 4.79 Å². The van der Waals surface area contributed by atoms with Crippen LogP contribution in [0.15, 0.2) is 30.3 Å². The number of hydrogen-bond donors (Lipinski definition) is 0. The maximum Gasteiger partial charge on any atom is 0.311 e. The molecule has 0 aromatic heterocycles. The molecule has 0 aliphatic rings. The van der Waals surface area contributed by atoms with Crippen LogP contribution < -0.4 is 4.74 Å². The molecule has 0 aliphatic heterocycles. The number of rotatable bonds is 4. The third-order valence-electron chi connectivity index (χ3n) is 1.93. The first kappa shape index (κ1) is 11.5. The van der Waals surface area contributed by atoms with Gasteiger partial charge in [-0.05, 0) is 31.0 Å². The lowest BCUT2D eigenvalue weighted by atomic mass is 10.2. The zero-order chi connectivity index (χ0) is 11.1. The molecule has 0 atom stereocenters. The second-order valence-corrected chi connectivity index (χ2v) is 3.29. The molecule has 0 amide bonds. The van der Waals surface area contributed by atoms with E-state index in [0.717, 1.165) is 12.0 Å². The van der Waals surface area contributed by atoms with Crippen LogP contribution in [0.2, 0.25) is 0 Å². The van der Waals surface area contributed by atoms with Crippen LogP contribution in [-0.4, -0.2) is 5.97 Å². The monoisotopic (exact) mass is 204 g/mol. The van der Waals surface area contributed by atoms with Gasteiger partial charge in [-0.3, -0.25) is 4.79 Å². The van der Waals surface area contributed by atoms with Gasteiger partial charge in [-0.25, -0.2) is 0 Å². The molecule has 0 N–H and O–H groups in total. The molecule has 0 saturated heterocycles. The van der Waals surface area contributed by atoms with E-state index in [9.17, 15) is 4.79 Å². The van der Waals surface area contributed by atoms with E-state index in [0.29, 0.717) is 12.2 Å². The molecule has 0 saturated carbocycles. The highest BCUT2D eigenvalue weighted by Gasteiger charge is 2.02. The molecule has 15 heavy (non-hydrogen) atoms. The van der Waals surface area contributed by atoms with Gasteiger partial charge in [-0.2, -0.15) is 0 Å². The van der Waals surface area contributed by atoms with Gasteiger partial charge in [0.15, 0.2) is 0 Å². The van der Waals surface area contributed by atoms with Crippen molar-refractivity contribution in [3.8, 4) is 5.75 Å². The number of hydrogen-bond acceptors (Lipinski definition) is 2. The summed E-state index contributed by atoms with van der Waals surface area (Å²) in [5.41, 5.74) is 1.10. The van der Waals surface area contributed by atoms with Gasteiger partial charge in [0.1, 0.15) is 5.75 Å². The lowest BCUT2D eigenvalue weighted by molar-refractivity contribution is -0.134. The van der Waals surface area contributed by atoms with Gasteiger partial charge < -0.3 is 4.74 Å². The minimum Gasteiger partial charge on any atom is -0.427 e. The normalized spacial score (nSPS) is 10.5. The van der Waals surface area contributed by atoms with Crippen molar-refractivity contribution in [1.29, 1.82) is 0 Å². The number of ether oxygens (including phenoxy) is 1. The minimum absolute atomic E-state index is 0.170. The van der Waals surface area contributed by atoms with Crippen LogP contribution in [0, 0.1) is 0 Å². The Balaban J connectivity index is 2.60. The fourth-order valence-electron chi connectivity index (χ4n) is 1.23. The van der Waals surface area contributed by atoms with Crippen molar-refractivity contribution in [3.63, 3.8) is 0 Å². The first-order valence-electron chi connectivity index (χ1n) is 5.19. The predicted octanol–water partition coefficient (Wildman–Crippen LogP) is 3.43. The Kier molecular flexibility index (Phi) is 4.61. The van der Waals surface area contributed by atoms with E-state index in [1.54, 1.807) is 0 Å². The zero-order valence-electron chi connectivity index (χ0n) is 9.19. The summed E-state index contributed by atoms with van der Waals surface area (Å²) < 4.78 is 5.12. The summed E-state index contributed by atoms with van der Waals surface area (Å²) in [7, 11) is 0. The first-order valence-corrected chi connectivity index (χ1v) is 5.19. The first-order chi connectivity index (χ1) is 7.26. The van der Waals surface area contributed by atoms with Gasteiger partial charge in [0.25, 0.3) is 0 Å². The molecule has 80 valence electrons. The molecule has 0 unspecified atom stereocenters. The number of allylic oxidation sites excluding steroid dienone is 1. The highest BCUT2D eigenvalue weighted by Crippen LogP contribution is 2.14. The Morgan fingerprint density at radius 1 is 1.33 bits per heavy atom. The van der Waals surface area contributed by atoms with Crippen molar-refractivity contribution in [2.45, 2.75) is 26.7 Å². The SMILES string of the molecule is CC=Cc1ccc(OC(=O)CCC)cc1. The van der Waals surface area contributed by atoms with Crippen molar-refractivity contribution in [2.24, 2.45) is 0 Å². The number of carbonyl (C=O) groups is 1. The fourth-order valence-corrected chi connectivity index (χ4v) is 1.23. The fraction of sp³-hybridized carbons (Fsp3) is 0.308. The molecule has 2 heteroatoms. The molecule has 0 radical (unpaired) electrons. The molecule has 0 bridgehead atoms. The van der Waals surface area contributed by atoms with Gasteiger partial charge in [0.05, 0.1) is 0 Å². The van der Waals surface area contributed by atoms with E-state index in [1.807, 2.05) is 50.3 Å². The maximum absolute atomic E-state index is 11.2. The largest absolute Gasteiger partial charge is 0.427 e. The van der Waals surface area contributed by atoms with E-state index >= 15 is 0 Å². The van der Waals surface area contributed by atoms with Crippen LogP contribution in [0.1, 0.15) is 32.3 Å². The molecule has 2 nitrogen and oxygen atoms in total. The lowest BCUT2D eigenvalue weighted by Crippen LogP contribution is -2.06. The maximum atomic E-state index is 11.2. The molecule has 1 rings (SSSR count). The highest BCUT2D eigenvalue weighted by molar-refractivity contribution is 5.72. The minimum atomic E-state index is -0.170. The quantitative estimate of drug-likeness (QED) is 0.555. The van der Waals surface area contributed by atoms with Crippen molar-refractivity contribution in [1.82, 2.24) is 0 Å². The second kappa shape index (κ2) is 6.02. The van der Waals surface area contributed by atoms with Gasteiger partial charge in [-0.1, -0.05) is 31.2 Å². The predicted molar refractivity (Wildman–Crippen MR) is 61.7 cm³/mol. The van der Waals surface area contributed by atoms with Crippen LogP contribution in [0.4, 0.5) is 0 Å². The average molecular weight is 204 g/mol. The Morgan fingerprint density at radius 3 is 2.53 bits per heavy atom. The number of esters is 1. The summed E-state index contributed by atoms with van der Waals surface area (Å²) in [6.07, 6.45) is 5.25. The van der Waals surface area contributed by atoms with Crippen molar-refractivity contribution >= 4 is 12.0 Å². The topological polar surface area (TPSA) is 26.3 Å². The summed E-state index contributed by atoms with van der Waals surface area (Å²) in [6, 6.07) is 7.47. The van der Waals surface area contributed by atoms with E-state index in [1.165, 1.54) is 0 Å². The molecule has 0 fully saturated rings. The Bertz CT molecular complexity index is 336. The summed E-state index contributed by atoms with van der Waals surface area (Å²) in [5.74, 6) is 0.443. The third kappa shape index (κ3) is 3.98. The average Bonchev–Trinajstić information content (AvgIpc) is 2.22. The smallest absolute Gasteiger partial charge is 0.311 e. The van der Waals surface area contributed by atoms with Gasteiger partial charge >= 0.3 is 5.97 Å². The van der Waals surface area contributed by atoms with Crippen molar-refractivity contribution < 1.29 is 9.53 Å². The summed E-state index contributed by atoms with van der Waals surface area (Å²) in [6.45, 7) is 3.92. The summed E-state index contributed by atoms with van der Waals surface area (Å²) in [5, 5.41) is 0. The summed E-state index contributed by atoms with van der Waals surface area (Å²) in [4.78, 5) is 11.2. The lowest BCUT2D eigenvalue weighted by Gasteiger charge is -2.03. The van der Waals surface area contributed by atoms with Crippen LogP contribution in [0.3, 0.4) is 0 Å². The van der Waals surface area contributed by atoms with Crippen molar-refractivity contribution in [3.05, 3.63) is 35.9 Å². The Hall–Kier alpha value is -1.57. The van der Waals surface area contributed by atoms with Gasteiger partial charge in [0, 0.05) is 6.42 Å². The highest BCUT2D eigenvalue weighted by atomic mass is 16.5. The van der Waals surface area contributed by atoms with E-state index in [4.69, 9.17) is 4.74 Å². The third-order valence-corrected chi connectivity index (χ3v) is 1.93. The summed E-state index contributed by atoms with van der Waals surface area (Å²) >= 11 is 0. The number of benzene rings is 1. The van der Waals surface area contributed by atoms with E-state index in [2.05, 4.69) is 0 Å². The number of carbonyl (C=O) groups excluding carboxylic acids is 1. The standard InChI is InChI=1S/C13H16O2/c1-3-5-11-7-9-12(10-8-11)15-13(14)6-4-2/h3,5,7-10H,4,6H2,1-2H3. The molecular weight excluding hydrogens is 188 g/mol. The van der Waals surface area contributed by atoms with Crippen LogP contribution >= 0.6 is 0 Å². The van der Waals surface area contributed by atoms with Gasteiger partial charge in [0.2, 0.25) is 0 Å². The van der Waals surface area contributed by atoms with Crippen LogP contribution in [0.25, 0.3) is 6.08 Å². The molecule has 1 aromatic carbocycles. The Morgan fingerprint density at radius 2 is 2.00 bits per heavy atom. The van der Waals surface area contributed by atoms with Gasteiger partial charge in [-0.15, -0.1) is 0 Å².